The Morgan fingerprint density at radius 2 is 2.07 bits per heavy atom. The first-order valence-electron chi connectivity index (χ1n) is 3.66. The van der Waals surface area contributed by atoms with Gasteiger partial charge in [-0.2, -0.15) is 0 Å². The fourth-order valence-corrected chi connectivity index (χ4v) is 2.29. The van der Waals surface area contributed by atoms with E-state index in [9.17, 15) is 22.3 Å². The Labute approximate surface area is 88.9 Å². The number of hydrogen-bond acceptors (Lipinski definition) is 4. The molecule has 8 heteroatoms. The quantitative estimate of drug-likeness (QED) is 0.823. The second-order valence-corrected chi connectivity index (χ2v) is 5.22. The average molecular weight is 258 g/mol. The van der Waals surface area contributed by atoms with Crippen LogP contribution in [0.2, 0.25) is 0 Å². The monoisotopic (exact) mass is 257 g/mol. The van der Waals surface area contributed by atoms with E-state index in [-0.39, 0.29) is 5.69 Å². The van der Waals surface area contributed by atoms with Crippen LogP contribution in [0.25, 0.3) is 0 Å². The molecular formula is C7H6ClF2NO3S. The molecule has 0 radical (unpaired) electrons. The maximum atomic E-state index is 12.4. The first-order valence-corrected chi connectivity index (χ1v) is 5.97. The highest BCUT2D eigenvalue weighted by atomic mass is 35.7. The SMILES string of the molecule is Cc1ncc(C(F)F)c(S(=O)(=O)Cl)c1O. The number of nitrogens with zero attached hydrogens (tertiary/aromatic N) is 1. The van der Waals surface area contributed by atoms with Gasteiger partial charge in [-0.15, -0.1) is 0 Å². The van der Waals surface area contributed by atoms with Crippen molar-refractivity contribution in [3.05, 3.63) is 17.5 Å². The molecular weight excluding hydrogens is 252 g/mol. The summed E-state index contributed by atoms with van der Waals surface area (Å²) in [6, 6.07) is 0. The summed E-state index contributed by atoms with van der Waals surface area (Å²) < 4.78 is 46.7. The minimum atomic E-state index is -4.43. The van der Waals surface area contributed by atoms with Gasteiger partial charge in [0.2, 0.25) is 0 Å². The summed E-state index contributed by atoms with van der Waals surface area (Å²) >= 11 is 0. The van der Waals surface area contributed by atoms with Crippen molar-refractivity contribution in [3.63, 3.8) is 0 Å². The van der Waals surface area contributed by atoms with E-state index in [0.717, 1.165) is 0 Å². The van der Waals surface area contributed by atoms with Gasteiger partial charge in [-0.05, 0) is 6.92 Å². The van der Waals surface area contributed by atoms with Gasteiger partial charge in [0.15, 0.2) is 5.75 Å². The Hall–Kier alpha value is -0.950. The highest BCUT2D eigenvalue weighted by molar-refractivity contribution is 8.13. The second kappa shape index (κ2) is 3.90. The van der Waals surface area contributed by atoms with Gasteiger partial charge in [-0.1, -0.05) is 0 Å². The topological polar surface area (TPSA) is 67.3 Å². The van der Waals surface area contributed by atoms with Crippen molar-refractivity contribution in [2.45, 2.75) is 18.2 Å². The van der Waals surface area contributed by atoms with E-state index in [2.05, 4.69) is 4.98 Å². The average Bonchev–Trinajstić information content (AvgIpc) is 2.06. The predicted octanol–water partition coefficient (Wildman–Crippen LogP) is 1.96. The van der Waals surface area contributed by atoms with E-state index in [1.165, 1.54) is 6.92 Å². The molecule has 0 amide bonds. The number of hydrogen-bond donors (Lipinski definition) is 1. The summed E-state index contributed by atoms with van der Waals surface area (Å²) in [4.78, 5) is 2.44. The van der Waals surface area contributed by atoms with Gasteiger partial charge in [-0.3, -0.25) is 4.98 Å². The lowest BCUT2D eigenvalue weighted by Crippen LogP contribution is -2.02. The van der Waals surface area contributed by atoms with E-state index < -0.39 is 31.7 Å². The van der Waals surface area contributed by atoms with Crippen LogP contribution in [0.1, 0.15) is 17.7 Å². The largest absolute Gasteiger partial charge is 0.505 e. The summed E-state index contributed by atoms with van der Waals surface area (Å²) in [6.07, 6.45) is -2.40. The zero-order valence-electron chi connectivity index (χ0n) is 7.41. The number of alkyl halides is 2. The minimum Gasteiger partial charge on any atom is -0.505 e. The molecule has 0 spiro atoms. The molecule has 4 nitrogen and oxygen atoms in total. The molecule has 0 unspecified atom stereocenters. The molecule has 1 aromatic rings. The van der Waals surface area contributed by atoms with Crippen molar-refractivity contribution < 1.29 is 22.3 Å². The highest BCUT2D eigenvalue weighted by Gasteiger charge is 2.27. The van der Waals surface area contributed by atoms with Crippen molar-refractivity contribution >= 4 is 19.7 Å². The smallest absolute Gasteiger partial charge is 0.266 e. The summed E-state index contributed by atoms with van der Waals surface area (Å²) in [5.74, 6) is -0.845. The molecule has 1 rings (SSSR count). The first-order chi connectivity index (χ1) is 6.75. The minimum absolute atomic E-state index is 0.0846. The molecule has 0 aromatic carbocycles. The number of pyridine rings is 1. The van der Waals surface area contributed by atoms with Gasteiger partial charge < -0.3 is 5.11 Å². The second-order valence-electron chi connectivity index (χ2n) is 2.72. The maximum absolute atomic E-state index is 12.4. The predicted molar refractivity (Wildman–Crippen MR) is 48.6 cm³/mol. The third-order valence-corrected chi connectivity index (χ3v) is 3.08. The summed E-state index contributed by atoms with van der Waals surface area (Å²) in [5, 5.41) is 9.30. The lowest BCUT2D eigenvalue weighted by atomic mass is 10.2. The third kappa shape index (κ3) is 2.35. The lowest BCUT2D eigenvalue weighted by molar-refractivity contribution is 0.146. The maximum Gasteiger partial charge on any atom is 0.266 e. The van der Waals surface area contributed by atoms with Crippen LogP contribution in [0, 0.1) is 6.92 Å². The summed E-state index contributed by atoms with van der Waals surface area (Å²) in [6.45, 7) is 1.27. The first kappa shape index (κ1) is 12.1. The highest BCUT2D eigenvalue weighted by Crippen LogP contribution is 2.35. The Balaban J connectivity index is 3.65. The number of rotatable bonds is 2. The zero-order valence-corrected chi connectivity index (χ0v) is 8.98. The molecule has 0 saturated carbocycles. The molecule has 1 N–H and O–H groups in total. The van der Waals surface area contributed by atoms with Crippen molar-refractivity contribution in [2.75, 3.05) is 0 Å². The molecule has 0 aliphatic carbocycles. The van der Waals surface area contributed by atoms with Crippen molar-refractivity contribution in [1.29, 1.82) is 0 Å². The molecule has 0 aliphatic rings. The normalized spacial score (nSPS) is 12.1. The Morgan fingerprint density at radius 1 is 1.53 bits per heavy atom. The van der Waals surface area contributed by atoms with Crippen LogP contribution in [0.5, 0.6) is 5.75 Å². The zero-order chi connectivity index (χ0) is 11.8. The van der Waals surface area contributed by atoms with Gasteiger partial charge >= 0.3 is 0 Å². The molecule has 0 bridgehead atoms. The summed E-state index contributed by atoms with van der Waals surface area (Å²) in [7, 11) is 0.507. The van der Waals surface area contributed by atoms with Crippen molar-refractivity contribution in [3.8, 4) is 5.75 Å². The number of aryl methyl sites for hydroxylation is 1. The molecule has 0 fully saturated rings. The third-order valence-electron chi connectivity index (χ3n) is 1.70. The molecule has 1 aromatic heterocycles. The molecule has 0 aliphatic heterocycles. The van der Waals surface area contributed by atoms with Gasteiger partial charge in [0, 0.05) is 16.9 Å². The standard InChI is InChI=1S/C7H6ClF2NO3S/c1-3-5(12)6(15(8,13)14)4(2-11-3)7(9)10/h2,7,12H,1H3. The van der Waals surface area contributed by atoms with E-state index in [1.54, 1.807) is 0 Å². The van der Waals surface area contributed by atoms with Crippen molar-refractivity contribution in [1.82, 2.24) is 4.98 Å². The van der Waals surface area contributed by atoms with Crippen LogP contribution in [0.4, 0.5) is 8.78 Å². The van der Waals surface area contributed by atoms with Gasteiger partial charge in [0.1, 0.15) is 4.90 Å². The van der Waals surface area contributed by atoms with Crippen LogP contribution >= 0.6 is 10.7 Å². The van der Waals surface area contributed by atoms with Crippen LogP contribution in [-0.4, -0.2) is 18.5 Å². The van der Waals surface area contributed by atoms with Crippen LogP contribution < -0.4 is 0 Å². The van der Waals surface area contributed by atoms with E-state index in [4.69, 9.17) is 10.7 Å². The molecule has 1 heterocycles. The Morgan fingerprint density at radius 3 is 2.47 bits per heavy atom. The van der Waals surface area contributed by atoms with Crippen LogP contribution in [-0.2, 0) is 9.05 Å². The molecule has 84 valence electrons. The fourth-order valence-electron chi connectivity index (χ4n) is 0.999. The van der Waals surface area contributed by atoms with Crippen molar-refractivity contribution in [2.24, 2.45) is 0 Å². The molecule has 15 heavy (non-hydrogen) atoms. The fraction of sp³-hybridized carbons (Fsp3) is 0.286. The van der Waals surface area contributed by atoms with Gasteiger partial charge in [-0.25, -0.2) is 17.2 Å². The number of halogens is 3. The van der Waals surface area contributed by atoms with Crippen LogP contribution in [0.15, 0.2) is 11.1 Å². The van der Waals surface area contributed by atoms with Gasteiger partial charge in [0.25, 0.3) is 15.5 Å². The number of aromatic nitrogens is 1. The van der Waals surface area contributed by atoms with E-state index in [1.807, 2.05) is 0 Å². The molecule has 0 saturated heterocycles. The van der Waals surface area contributed by atoms with E-state index >= 15 is 0 Å². The number of aromatic hydroxyl groups is 1. The Kier molecular flexibility index (Phi) is 3.15. The van der Waals surface area contributed by atoms with E-state index in [0.29, 0.717) is 6.20 Å². The lowest BCUT2D eigenvalue weighted by Gasteiger charge is -2.08. The summed E-state index contributed by atoms with van der Waals surface area (Å²) in [5.41, 5.74) is -0.994. The van der Waals surface area contributed by atoms with Gasteiger partial charge in [0.05, 0.1) is 11.3 Å². The Bertz CT molecular complexity index is 489. The van der Waals surface area contributed by atoms with Crippen LogP contribution in [0.3, 0.4) is 0 Å². The molecule has 0 atom stereocenters.